The molecule has 1 aromatic heterocycles. The SMILES string of the molecule is Cc1ccc2c(c1)c(CNC(=O)[C@H](C)NS(C)(=O)=O)nn2C. The number of rotatable bonds is 5. The number of aromatic nitrogens is 2. The van der Waals surface area contributed by atoms with Crippen LogP contribution in [0.5, 0.6) is 0 Å². The van der Waals surface area contributed by atoms with Crippen LogP contribution in [0.25, 0.3) is 10.9 Å². The second kappa shape index (κ2) is 6.05. The van der Waals surface area contributed by atoms with Gasteiger partial charge in [-0.3, -0.25) is 9.48 Å². The van der Waals surface area contributed by atoms with E-state index >= 15 is 0 Å². The minimum Gasteiger partial charge on any atom is -0.349 e. The van der Waals surface area contributed by atoms with Gasteiger partial charge in [-0.05, 0) is 26.0 Å². The molecule has 1 aromatic carbocycles. The van der Waals surface area contributed by atoms with Crippen molar-refractivity contribution >= 4 is 26.8 Å². The van der Waals surface area contributed by atoms with Crippen LogP contribution in [0, 0.1) is 6.92 Å². The fraction of sp³-hybridized carbons (Fsp3) is 0.429. The molecule has 0 spiro atoms. The third-order valence-corrected chi connectivity index (χ3v) is 4.08. The fourth-order valence-corrected chi connectivity index (χ4v) is 3.03. The molecule has 2 rings (SSSR count). The van der Waals surface area contributed by atoms with Crippen molar-refractivity contribution in [3.63, 3.8) is 0 Å². The van der Waals surface area contributed by atoms with E-state index < -0.39 is 22.0 Å². The predicted octanol–water partition coefficient (Wildman–Crippen LogP) is 0.436. The number of carbonyl (C=O) groups excluding carboxylic acids is 1. The molecule has 22 heavy (non-hydrogen) atoms. The van der Waals surface area contributed by atoms with Crippen LogP contribution in [0.3, 0.4) is 0 Å². The Kier molecular flexibility index (Phi) is 4.52. The van der Waals surface area contributed by atoms with Crippen LogP contribution in [0.4, 0.5) is 0 Å². The van der Waals surface area contributed by atoms with Crippen LogP contribution in [-0.2, 0) is 28.4 Å². The first-order valence-electron chi connectivity index (χ1n) is 6.84. The Labute approximate surface area is 129 Å². The highest BCUT2D eigenvalue weighted by Gasteiger charge is 2.17. The van der Waals surface area contributed by atoms with Crippen molar-refractivity contribution < 1.29 is 13.2 Å². The molecule has 2 N–H and O–H groups in total. The fourth-order valence-electron chi connectivity index (χ4n) is 2.28. The Morgan fingerprint density at radius 2 is 2.09 bits per heavy atom. The molecule has 0 unspecified atom stereocenters. The van der Waals surface area contributed by atoms with E-state index in [9.17, 15) is 13.2 Å². The van der Waals surface area contributed by atoms with Crippen LogP contribution in [0.15, 0.2) is 18.2 Å². The number of hydrogen-bond acceptors (Lipinski definition) is 4. The molecule has 1 atom stereocenters. The largest absolute Gasteiger partial charge is 0.349 e. The van der Waals surface area contributed by atoms with Crippen molar-refractivity contribution in [2.24, 2.45) is 7.05 Å². The van der Waals surface area contributed by atoms with Gasteiger partial charge in [0.15, 0.2) is 0 Å². The van der Waals surface area contributed by atoms with Crippen LogP contribution < -0.4 is 10.0 Å². The Hall–Kier alpha value is -1.93. The third-order valence-electron chi connectivity index (χ3n) is 3.30. The molecule has 7 nitrogen and oxygen atoms in total. The summed E-state index contributed by atoms with van der Waals surface area (Å²) in [6, 6.07) is 5.18. The third kappa shape index (κ3) is 3.83. The summed E-state index contributed by atoms with van der Waals surface area (Å²) in [5.41, 5.74) is 2.85. The number of nitrogens with one attached hydrogen (secondary N) is 2. The van der Waals surface area contributed by atoms with Crippen LogP contribution in [-0.4, -0.2) is 36.4 Å². The van der Waals surface area contributed by atoms with Crippen molar-refractivity contribution in [1.29, 1.82) is 0 Å². The van der Waals surface area contributed by atoms with Gasteiger partial charge < -0.3 is 5.32 Å². The average Bonchev–Trinajstić information content (AvgIpc) is 2.70. The van der Waals surface area contributed by atoms with Gasteiger partial charge >= 0.3 is 0 Å². The number of hydrogen-bond donors (Lipinski definition) is 2. The second-order valence-electron chi connectivity index (χ2n) is 5.42. The van der Waals surface area contributed by atoms with Gasteiger partial charge in [0, 0.05) is 12.4 Å². The number of benzene rings is 1. The van der Waals surface area contributed by atoms with Gasteiger partial charge in [-0.2, -0.15) is 5.10 Å². The standard InChI is InChI=1S/C14H20N4O3S/c1-9-5-6-13-11(7-9)12(16-18(13)3)8-15-14(19)10(2)17-22(4,20)21/h5-7,10,17H,8H2,1-4H3,(H,15,19)/t10-/m0/s1. The molecule has 0 aliphatic carbocycles. The van der Waals surface area contributed by atoms with Gasteiger partial charge in [0.05, 0.1) is 30.1 Å². The van der Waals surface area contributed by atoms with Crippen molar-refractivity contribution in [1.82, 2.24) is 19.8 Å². The number of sulfonamides is 1. The van der Waals surface area contributed by atoms with E-state index in [2.05, 4.69) is 15.1 Å². The van der Waals surface area contributed by atoms with Crippen LogP contribution in [0.1, 0.15) is 18.2 Å². The molecule has 8 heteroatoms. The summed E-state index contributed by atoms with van der Waals surface area (Å²) in [5.74, 6) is -0.392. The van der Waals surface area contributed by atoms with Gasteiger partial charge in [0.1, 0.15) is 0 Å². The maximum Gasteiger partial charge on any atom is 0.238 e. The maximum absolute atomic E-state index is 11.9. The molecule has 2 aromatic rings. The van der Waals surface area contributed by atoms with E-state index in [1.54, 1.807) is 4.68 Å². The van der Waals surface area contributed by atoms with Gasteiger partial charge in [-0.1, -0.05) is 11.6 Å². The summed E-state index contributed by atoms with van der Waals surface area (Å²) in [4.78, 5) is 11.9. The number of amides is 1. The lowest BCUT2D eigenvalue weighted by Crippen LogP contribution is -2.44. The van der Waals surface area contributed by atoms with Crippen molar-refractivity contribution in [3.05, 3.63) is 29.5 Å². The van der Waals surface area contributed by atoms with Crippen LogP contribution in [0.2, 0.25) is 0 Å². The van der Waals surface area contributed by atoms with Crippen molar-refractivity contribution in [3.8, 4) is 0 Å². The Bertz CT molecular complexity index is 811. The average molecular weight is 324 g/mol. The quantitative estimate of drug-likeness (QED) is 0.834. The number of nitrogens with zero attached hydrogens (tertiary/aromatic N) is 2. The zero-order chi connectivity index (χ0) is 16.5. The lowest BCUT2D eigenvalue weighted by molar-refractivity contribution is -0.122. The predicted molar refractivity (Wildman–Crippen MR) is 84.7 cm³/mol. The molecule has 0 saturated carbocycles. The molecule has 0 saturated heterocycles. The Morgan fingerprint density at radius 1 is 1.41 bits per heavy atom. The molecule has 0 aliphatic heterocycles. The second-order valence-corrected chi connectivity index (χ2v) is 7.20. The molecule has 0 radical (unpaired) electrons. The van der Waals surface area contributed by atoms with Gasteiger partial charge in [-0.15, -0.1) is 0 Å². The van der Waals surface area contributed by atoms with Gasteiger partial charge in [0.25, 0.3) is 0 Å². The highest BCUT2D eigenvalue weighted by Crippen LogP contribution is 2.19. The molecular formula is C14H20N4O3S. The Morgan fingerprint density at radius 3 is 2.73 bits per heavy atom. The summed E-state index contributed by atoms with van der Waals surface area (Å²) < 4.78 is 26.3. The first kappa shape index (κ1) is 16.4. The maximum atomic E-state index is 11.9. The monoisotopic (exact) mass is 324 g/mol. The number of aryl methyl sites for hydroxylation is 2. The van der Waals surface area contributed by atoms with E-state index in [4.69, 9.17) is 0 Å². The molecule has 0 aliphatic rings. The van der Waals surface area contributed by atoms with E-state index in [1.165, 1.54) is 6.92 Å². The first-order valence-corrected chi connectivity index (χ1v) is 8.74. The topological polar surface area (TPSA) is 93.1 Å². The molecule has 1 heterocycles. The van der Waals surface area contributed by atoms with Crippen LogP contribution >= 0.6 is 0 Å². The molecule has 0 fully saturated rings. The minimum absolute atomic E-state index is 0.245. The molecule has 1 amide bonds. The summed E-state index contributed by atoms with van der Waals surface area (Å²) in [7, 11) is -1.57. The van der Waals surface area contributed by atoms with Crippen molar-refractivity contribution in [2.45, 2.75) is 26.4 Å². The summed E-state index contributed by atoms with van der Waals surface area (Å²) in [6.07, 6.45) is 1.02. The Balaban J connectivity index is 2.12. The molecular weight excluding hydrogens is 304 g/mol. The van der Waals surface area contributed by atoms with E-state index in [0.29, 0.717) is 0 Å². The smallest absolute Gasteiger partial charge is 0.238 e. The lowest BCUT2D eigenvalue weighted by Gasteiger charge is -2.11. The highest BCUT2D eigenvalue weighted by atomic mass is 32.2. The highest BCUT2D eigenvalue weighted by molar-refractivity contribution is 7.88. The summed E-state index contributed by atoms with van der Waals surface area (Å²) in [5, 5.41) is 8.08. The zero-order valence-electron chi connectivity index (χ0n) is 13.0. The van der Waals surface area contributed by atoms with Gasteiger partial charge in [0.2, 0.25) is 15.9 Å². The number of carbonyl (C=O) groups is 1. The van der Waals surface area contributed by atoms with Crippen molar-refractivity contribution in [2.75, 3.05) is 6.26 Å². The first-order chi connectivity index (χ1) is 10.2. The zero-order valence-corrected chi connectivity index (χ0v) is 13.9. The van der Waals surface area contributed by atoms with E-state index in [1.807, 2.05) is 32.2 Å². The van der Waals surface area contributed by atoms with Gasteiger partial charge in [-0.25, -0.2) is 13.1 Å². The number of fused-ring (bicyclic) bond motifs is 1. The van der Waals surface area contributed by atoms with E-state index in [-0.39, 0.29) is 6.54 Å². The van der Waals surface area contributed by atoms with E-state index in [0.717, 1.165) is 28.4 Å². The normalized spacial score (nSPS) is 13.3. The summed E-state index contributed by atoms with van der Waals surface area (Å²) >= 11 is 0. The summed E-state index contributed by atoms with van der Waals surface area (Å²) in [6.45, 7) is 3.74. The minimum atomic E-state index is -3.42. The molecule has 0 bridgehead atoms. The lowest BCUT2D eigenvalue weighted by atomic mass is 10.1. The molecule has 120 valence electrons.